The summed E-state index contributed by atoms with van der Waals surface area (Å²) >= 11 is 0. The Bertz CT molecular complexity index is 662. The number of ether oxygens (including phenoxy) is 2. The van der Waals surface area contributed by atoms with E-state index < -0.39 is 5.97 Å². The molecule has 0 heterocycles. The average molecular weight is 298 g/mol. The molecule has 0 spiro atoms. The van der Waals surface area contributed by atoms with Crippen LogP contribution in [0.1, 0.15) is 28.4 Å². The van der Waals surface area contributed by atoms with Crippen LogP contribution in [0.3, 0.4) is 0 Å². The molecule has 0 N–H and O–H groups in total. The van der Waals surface area contributed by atoms with Gasteiger partial charge in [0.1, 0.15) is 12.4 Å². The number of hydrogen-bond donors (Lipinski definition) is 0. The van der Waals surface area contributed by atoms with Gasteiger partial charge in [0.25, 0.3) is 0 Å². The van der Waals surface area contributed by atoms with Crippen molar-refractivity contribution in [1.29, 1.82) is 0 Å². The van der Waals surface area contributed by atoms with Crippen LogP contribution in [0.5, 0.6) is 5.75 Å². The van der Waals surface area contributed by atoms with Gasteiger partial charge in [0.15, 0.2) is 6.61 Å². The number of rotatable bonds is 6. The summed E-state index contributed by atoms with van der Waals surface area (Å²) in [7, 11) is 0. The number of aryl methyl sites for hydroxylation is 1. The molecule has 2 rings (SSSR count). The Morgan fingerprint density at radius 2 is 1.77 bits per heavy atom. The Labute approximate surface area is 129 Å². The Morgan fingerprint density at radius 1 is 1.05 bits per heavy atom. The van der Waals surface area contributed by atoms with E-state index in [1.54, 1.807) is 6.07 Å². The number of esters is 1. The van der Waals surface area contributed by atoms with Gasteiger partial charge in [-0.15, -0.1) is 0 Å². The summed E-state index contributed by atoms with van der Waals surface area (Å²) in [6, 6.07) is 15.0. The first-order valence-electron chi connectivity index (χ1n) is 7.00. The van der Waals surface area contributed by atoms with Crippen LogP contribution >= 0.6 is 0 Å². The van der Waals surface area contributed by atoms with Crippen molar-refractivity contribution in [2.75, 3.05) is 6.61 Å². The van der Waals surface area contributed by atoms with Crippen LogP contribution in [-0.2, 0) is 16.1 Å². The molecule has 0 aliphatic rings. The standard InChI is InChI=1S/C18H18O4/c1-13-8-9-16(17(20)12-21-14(2)19)18(10-13)22-11-15-6-4-3-5-7-15/h3-10H,11-12H2,1-2H3. The van der Waals surface area contributed by atoms with E-state index in [4.69, 9.17) is 9.47 Å². The van der Waals surface area contributed by atoms with E-state index in [0.717, 1.165) is 11.1 Å². The zero-order chi connectivity index (χ0) is 15.9. The van der Waals surface area contributed by atoms with Gasteiger partial charge in [0.05, 0.1) is 5.56 Å². The number of carbonyl (C=O) groups is 2. The van der Waals surface area contributed by atoms with Crippen molar-refractivity contribution in [3.8, 4) is 5.75 Å². The van der Waals surface area contributed by atoms with Crippen LogP contribution in [0, 0.1) is 6.92 Å². The van der Waals surface area contributed by atoms with E-state index in [2.05, 4.69) is 0 Å². The van der Waals surface area contributed by atoms with Crippen molar-refractivity contribution in [2.45, 2.75) is 20.5 Å². The number of hydrogen-bond acceptors (Lipinski definition) is 4. The van der Waals surface area contributed by atoms with E-state index >= 15 is 0 Å². The van der Waals surface area contributed by atoms with Crippen molar-refractivity contribution in [3.63, 3.8) is 0 Å². The van der Waals surface area contributed by atoms with Crippen LogP contribution in [0.2, 0.25) is 0 Å². The third kappa shape index (κ3) is 4.45. The van der Waals surface area contributed by atoms with E-state index in [9.17, 15) is 9.59 Å². The Kier molecular flexibility index (Phi) is 5.31. The minimum absolute atomic E-state index is 0.278. The first-order chi connectivity index (χ1) is 10.6. The zero-order valence-corrected chi connectivity index (χ0v) is 12.7. The Balaban J connectivity index is 2.13. The number of Topliss-reactive ketones (excluding diaryl/α,β-unsaturated/α-hetero) is 1. The maximum absolute atomic E-state index is 12.1. The van der Waals surface area contributed by atoms with Gasteiger partial charge in [-0.3, -0.25) is 9.59 Å². The molecule has 4 nitrogen and oxygen atoms in total. The molecule has 0 aliphatic heterocycles. The molecule has 0 unspecified atom stereocenters. The fourth-order valence-electron chi connectivity index (χ4n) is 1.96. The minimum atomic E-state index is -0.479. The molecule has 0 radical (unpaired) electrons. The lowest BCUT2D eigenvalue weighted by Gasteiger charge is -2.12. The average Bonchev–Trinajstić information content (AvgIpc) is 2.51. The zero-order valence-electron chi connectivity index (χ0n) is 12.7. The van der Waals surface area contributed by atoms with Crippen molar-refractivity contribution in [3.05, 3.63) is 65.2 Å². The first kappa shape index (κ1) is 15.8. The van der Waals surface area contributed by atoms with E-state index in [1.807, 2.05) is 49.4 Å². The molecular formula is C18H18O4. The third-order valence-electron chi connectivity index (χ3n) is 3.08. The summed E-state index contributed by atoms with van der Waals surface area (Å²) in [4.78, 5) is 23.0. The van der Waals surface area contributed by atoms with Crippen LogP contribution < -0.4 is 4.74 Å². The highest BCUT2D eigenvalue weighted by molar-refractivity contribution is 6.00. The lowest BCUT2D eigenvalue weighted by atomic mass is 10.1. The molecule has 22 heavy (non-hydrogen) atoms. The lowest BCUT2D eigenvalue weighted by molar-refractivity contribution is -0.139. The molecule has 0 atom stereocenters. The summed E-state index contributed by atoms with van der Waals surface area (Å²) in [5, 5.41) is 0. The highest BCUT2D eigenvalue weighted by Gasteiger charge is 2.14. The fourth-order valence-corrected chi connectivity index (χ4v) is 1.96. The van der Waals surface area contributed by atoms with Gasteiger partial charge in [-0.1, -0.05) is 36.4 Å². The van der Waals surface area contributed by atoms with E-state index in [-0.39, 0.29) is 12.4 Å². The van der Waals surface area contributed by atoms with Gasteiger partial charge in [-0.25, -0.2) is 0 Å². The second-order valence-electron chi connectivity index (χ2n) is 4.98. The summed E-state index contributed by atoms with van der Waals surface area (Å²) in [5.74, 6) is -0.258. The molecule has 0 aliphatic carbocycles. The molecule has 0 amide bonds. The minimum Gasteiger partial charge on any atom is -0.488 e. The van der Waals surface area contributed by atoms with Gasteiger partial charge in [-0.2, -0.15) is 0 Å². The van der Waals surface area contributed by atoms with E-state index in [1.165, 1.54) is 6.92 Å². The van der Waals surface area contributed by atoms with Gasteiger partial charge < -0.3 is 9.47 Å². The van der Waals surface area contributed by atoms with E-state index in [0.29, 0.717) is 17.9 Å². The highest BCUT2D eigenvalue weighted by atomic mass is 16.5. The van der Waals surface area contributed by atoms with Crippen molar-refractivity contribution in [1.82, 2.24) is 0 Å². The highest BCUT2D eigenvalue weighted by Crippen LogP contribution is 2.22. The summed E-state index contributed by atoms with van der Waals surface area (Å²) in [6.45, 7) is 3.29. The molecule has 2 aromatic carbocycles. The normalized spacial score (nSPS) is 10.1. The predicted molar refractivity (Wildman–Crippen MR) is 82.9 cm³/mol. The van der Waals surface area contributed by atoms with Gasteiger partial charge in [-0.05, 0) is 30.2 Å². The first-order valence-corrected chi connectivity index (χ1v) is 7.00. The summed E-state index contributed by atoms with van der Waals surface area (Å²) in [5.41, 5.74) is 2.43. The molecule has 4 heteroatoms. The van der Waals surface area contributed by atoms with Gasteiger partial charge in [0, 0.05) is 6.92 Å². The monoisotopic (exact) mass is 298 g/mol. The van der Waals surface area contributed by atoms with Crippen LogP contribution in [0.15, 0.2) is 48.5 Å². The molecule has 0 saturated carbocycles. The van der Waals surface area contributed by atoms with Crippen molar-refractivity contribution < 1.29 is 19.1 Å². The number of carbonyl (C=O) groups excluding carboxylic acids is 2. The third-order valence-corrected chi connectivity index (χ3v) is 3.08. The molecule has 2 aromatic rings. The summed E-state index contributed by atoms with van der Waals surface area (Å²) < 4.78 is 10.5. The topological polar surface area (TPSA) is 52.6 Å². The summed E-state index contributed by atoms with van der Waals surface area (Å²) in [6.07, 6.45) is 0. The Morgan fingerprint density at radius 3 is 2.45 bits per heavy atom. The SMILES string of the molecule is CC(=O)OCC(=O)c1ccc(C)cc1OCc1ccccc1. The van der Waals surface area contributed by atoms with Crippen LogP contribution in [-0.4, -0.2) is 18.4 Å². The Hall–Kier alpha value is -2.62. The predicted octanol–water partition coefficient (Wildman–Crippen LogP) is 3.32. The molecule has 0 aromatic heterocycles. The number of benzene rings is 2. The quantitative estimate of drug-likeness (QED) is 0.606. The van der Waals surface area contributed by atoms with Crippen molar-refractivity contribution in [2.24, 2.45) is 0 Å². The van der Waals surface area contributed by atoms with Gasteiger partial charge >= 0.3 is 5.97 Å². The maximum Gasteiger partial charge on any atom is 0.303 e. The second kappa shape index (κ2) is 7.41. The molecule has 0 saturated heterocycles. The number of ketones is 1. The fraction of sp³-hybridized carbons (Fsp3) is 0.222. The van der Waals surface area contributed by atoms with Crippen LogP contribution in [0.4, 0.5) is 0 Å². The van der Waals surface area contributed by atoms with Crippen LogP contribution in [0.25, 0.3) is 0 Å². The van der Waals surface area contributed by atoms with Gasteiger partial charge in [0.2, 0.25) is 5.78 Å². The molecule has 114 valence electrons. The molecule has 0 bridgehead atoms. The van der Waals surface area contributed by atoms with Crippen molar-refractivity contribution >= 4 is 11.8 Å². The molecule has 0 fully saturated rings. The molecular weight excluding hydrogens is 280 g/mol. The largest absolute Gasteiger partial charge is 0.488 e. The smallest absolute Gasteiger partial charge is 0.303 e. The second-order valence-corrected chi connectivity index (χ2v) is 4.98. The lowest BCUT2D eigenvalue weighted by Crippen LogP contribution is -2.13. The maximum atomic E-state index is 12.1.